The van der Waals surface area contributed by atoms with Gasteiger partial charge in [-0.3, -0.25) is 18.7 Å². The zero-order valence-corrected chi connectivity index (χ0v) is 31.2. The third kappa shape index (κ3) is 9.21. The lowest BCUT2D eigenvalue weighted by atomic mass is 9.87. The van der Waals surface area contributed by atoms with Crippen LogP contribution in [0.5, 0.6) is 0 Å². The van der Waals surface area contributed by atoms with Crippen molar-refractivity contribution in [1.82, 2.24) is 20.1 Å². The van der Waals surface area contributed by atoms with E-state index in [1.165, 1.54) is 0 Å². The lowest BCUT2D eigenvalue weighted by Crippen LogP contribution is -2.47. The molecule has 6 rings (SSSR count). The average molecular weight is 759 g/mol. The topological polar surface area (TPSA) is 176 Å². The van der Waals surface area contributed by atoms with Crippen molar-refractivity contribution in [2.24, 2.45) is 5.41 Å². The number of morpholine rings is 1. The van der Waals surface area contributed by atoms with Gasteiger partial charge in [-0.2, -0.15) is 0 Å². The van der Waals surface area contributed by atoms with Crippen LogP contribution in [0.4, 0.5) is 9.59 Å². The zero-order chi connectivity index (χ0) is 38.3. The monoisotopic (exact) mass is 758 g/mol. The quantitative estimate of drug-likeness (QED) is 0.119. The van der Waals surface area contributed by atoms with Crippen molar-refractivity contribution in [3.8, 4) is 0 Å². The minimum Gasteiger partial charge on any atom is -0.464 e. The van der Waals surface area contributed by atoms with Crippen LogP contribution in [0.2, 0.25) is 0 Å². The second kappa shape index (κ2) is 17.0. The first-order valence-corrected chi connectivity index (χ1v) is 20.2. The molecule has 1 aromatic heterocycles. The molecular formula is C40H47N4O9P. The number of para-hydroxylation sites is 1. The molecule has 1 aliphatic carbocycles. The number of fused-ring (bicyclic) bond motifs is 1. The molecule has 14 heteroatoms. The molecule has 0 radical (unpaired) electrons. The standard InChI is InChI=1S/C40H47N4O9P/c1-28(23-32-25-44(39(48)49)34-12-6-5-11-33(32)34)41-37(46)40(17-7-8-18-40)27-54(50,51)35(42-38(47)53-26-30-9-3-2-4-10-30)24-29-13-15-31(16-14-29)36(45)43-19-21-52-22-20-43/h2-6,9-16,25,28,35H,7-8,17-24,26-27H2,1H3,(H,41,46)(H,42,47)(H,48,49)(H,50,51)/t28-,35+/m0/s1. The predicted molar refractivity (Wildman–Crippen MR) is 203 cm³/mol. The molecule has 286 valence electrons. The first kappa shape index (κ1) is 38.7. The second-order valence-electron chi connectivity index (χ2n) is 14.3. The largest absolute Gasteiger partial charge is 0.464 e. The van der Waals surface area contributed by atoms with Crippen molar-refractivity contribution in [1.29, 1.82) is 0 Å². The van der Waals surface area contributed by atoms with Crippen molar-refractivity contribution in [2.45, 2.75) is 63.9 Å². The van der Waals surface area contributed by atoms with E-state index in [4.69, 9.17) is 9.47 Å². The first-order valence-electron chi connectivity index (χ1n) is 18.3. The SMILES string of the molecule is C[C@@H](Cc1cn(C(=O)O)c2ccccc12)NC(=O)C1(CP(=O)(O)[C@H](Cc2ccc(C(=O)N3CCOCC3)cc2)NC(=O)OCc2ccccc2)CCCC1. The molecule has 0 bridgehead atoms. The number of carboxylic acid groups (broad SMARTS) is 1. The number of alkyl carbamates (subject to hydrolysis) is 1. The highest BCUT2D eigenvalue weighted by Crippen LogP contribution is 2.55. The average Bonchev–Trinajstić information content (AvgIpc) is 3.80. The summed E-state index contributed by atoms with van der Waals surface area (Å²) < 4.78 is 26.5. The molecule has 13 nitrogen and oxygen atoms in total. The van der Waals surface area contributed by atoms with E-state index in [-0.39, 0.29) is 31.0 Å². The Balaban J connectivity index is 1.19. The molecule has 3 aromatic carbocycles. The van der Waals surface area contributed by atoms with Crippen LogP contribution >= 0.6 is 7.37 Å². The number of nitrogens with zero attached hydrogens (tertiary/aromatic N) is 2. The summed E-state index contributed by atoms with van der Waals surface area (Å²) >= 11 is 0. The summed E-state index contributed by atoms with van der Waals surface area (Å²) in [5.41, 5.74) is 1.99. The van der Waals surface area contributed by atoms with Gasteiger partial charge in [-0.05, 0) is 61.1 Å². The summed E-state index contributed by atoms with van der Waals surface area (Å²) in [5, 5.41) is 16.2. The van der Waals surface area contributed by atoms with Crippen LogP contribution in [-0.2, 0) is 38.3 Å². The summed E-state index contributed by atoms with van der Waals surface area (Å²) in [6.45, 7) is 3.72. The molecule has 0 spiro atoms. The van der Waals surface area contributed by atoms with Crippen LogP contribution < -0.4 is 10.6 Å². The van der Waals surface area contributed by atoms with E-state index in [2.05, 4.69) is 10.6 Å². The number of hydrogen-bond donors (Lipinski definition) is 4. The second-order valence-corrected chi connectivity index (χ2v) is 16.8. The molecule has 2 aliphatic rings. The number of hydrogen-bond acceptors (Lipinski definition) is 7. The minimum absolute atomic E-state index is 0.0389. The summed E-state index contributed by atoms with van der Waals surface area (Å²) in [6.07, 6.45) is 1.74. The number of carbonyl (C=O) groups excluding carboxylic acids is 3. The fourth-order valence-corrected chi connectivity index (χ4v) is 9.88. The molecule has 1 aliphatic heterocycles. The van der Waals surface area contributed by atoms with E-state index >= 15 is 0 Å². The highest BCUT2D eigenvalue weighted by Gasteiger charge is 2.49. The van der Waals surface area contributed by atoms with Crippen molar-refractivity contribution in [2.75, 3.05) is 32.5 Å². The highest BCUT2D eigenvalue weighted by molar-refractivity contribution is 7.58. The number of ether oxygens (including phenoxy) is 2. The molecule has 3 atom stereocenters. The molecule has 1 saturated carbocycles. The summed E-state index contributed by atoms with van der Waals surface area (Å²) in [5.74, 6) is -1.76. The molecule has 4 aromatic rings. The van der Waals surface area contributed by atoms with E-state index < -0.39 is 36.8 Å². The lowest BCUT2D eigenvalue weighted by Gasteiger charge is -2.34. The van der Waals surface area contributed by atoms with Gasteiger partial charge in [-0.15, -0.1) is 0 Å². The van der Waals surface area contributed by atoms with Crippen molar-refractivity contribution < 1.29 is 43.2 Å². The number of amides is 3. The maximum absolute atomic E-state index is 14.5. The fourth-order valence-electron chi connectivity index (χ4n) is 7.53. The molecule has 2 fully saturated rings. The van der Waals surface area contributed by atoms with Gasteiger partial charge in [0.1, 0.15) is 12.4 Å². The van der Waals surface area contributed by atoms with Gasteiger partial charge in [0.05, 0.1) is 24.1 Å². The molecule has 1 saturated heterocycles. The van der Waals surface area contributed by atoms with Crippen molar-refractivity contribution >= 4 is 42.3 Å². The molecule has 4 N–H and O–H groups in total. The molecule has 1 unspecified atom stereocenters. The van der Waals surface area contributed by atoms with E-state index in [0.29, 0.717) is 75.1 Å². The Morgan fingerprint density at radius 1 is 0.889 bits per heavy atom. The van der Waals surface area contributed by atoms with Gasteiger partial charge in [0.2, 0.25) is 13.3 Å². The normalized spacial score (nSPS) is 17.6. The highest BCUT2D eigenvalue weighted by atomic mass is 31.2. The number of carbonyl (C=O) groups is 4. The van der Waals surface area contributed by atoms with Gasteiger partial charge in [-0.1, -0.05) is 73.5 Å². The Bertz CT molecular complexity index is 2000. The maximum Gasteiger partial charge on any atom is 0.416 e. The van der Waals surface area contributed by atoms with Crippen LogP contribution in [0.15, 0.2) is 85.1 Å². The summed E-state index contributed by atoms with van der Waals surface area (Å²) in [7, 11) is -4.32. The lowest BCUT2D eigenvalue weighted by molar-refractivity contribution is -0.130. The fraction of sp³-hybridized carbons (Fsp3) is 0.400. The Morgan fingerprint density at radius 2 is 1.56 bits per heavy atom. The zero-order valence-electron chi connectivity index (χ0n) is 30.3. The molecule has 54 heavy (non-hydrogen) atoms. The van der Waals surface area contributed by atoms with Crippen LogP contribution in [-0.4, -0.2) is 87.8 Å². The van der Waals surface area contributed by atoms with Gasteiger partial charge in [0.25, 0.3) is 5.91 Å². The first-order chi connectivity index (χ1) is 25.9. The van der Waals surface area contributed by atoms with Crippen LogP contribution in [0.1, 0.15) is 59.7 Å². The van der Waals surface area contributed by atoms with E-state index in [1.807, 2.05) is 37.3 Å². The predicted octanol–water partition coefficient (Wildman–Crippen LogP) is 6.01. The van der Waals surface area contributed by atoms with Crippen LogP contribution in [0.3, 0.4) is 0 Å². The summed E-state index contributed by atoms with van der Waals surface area (Å²) in [6, 6.07) is 22.6. The van der Waals surface area contributed by atoms with Gasteiger partial charge >= 0.3 is 12.2 Å². The molecule has 3 amide bonds. The number of aromatic nitrogens is 1. The molecular weight excluding hydrogens is 711 g/mol. The van der Waals surface area contributed by atoms with E-state index in [9.17, 15) is 33.7 Å². The maximum atomic E-state index is 14.5. The van der Waals surface area contributed by atoms with Crippen molar-refractivity contribution in [3.05, 3.63) is 107 Å². The minimum atomic E-state index is -4.32. The van der Waals surface area contributed by atoms with Crippen LogP contribution in [0.25, 0.3) is 10.9 Å². The summed E-state index contributed by atoms with van der Waals surface area (Å²) in [4.78, 5) is 65.8. The van der Waals surface area contributed by atoms with Gasteiger partial charge in [-0.25, -0.2) is 9.59 Å². The smallest absolute Gasteiger partial charge is 0.416 e. The van der Waals surface area contributed by atoms with Gasteiger partial charge < -0.3 is 35.0 Å². The van der Waals surface area contributed by atoms with Gasteiger partial charge in [0.15, 0.2) is 0 Å². The Hall–Kier alpha value is -4.97. The van der Waals surface area contributed by atoms with Gasteiger partial charge in [0, 0.05) is 48.9 Å². The third-order valence-corrected chi connectivity index (χ3v) is 12.7. The Labute approximate surface area is 314 Å². The Kier molecular flexibility index (Phi) is 12.2. The third-order valence-electron chi connectivity index (χ3n) is 10.4. The van der Waals surface area contributed by atoms with Crippen molar-refractivity contribution in [3.63, 3.8) is 0 Å². The number of benzene rings is 3. The number of rotatable bonds is 13. The van der Waals surface area contributed by atoms with E-state index in [1.54, 1.807) is 59.6 Å². The molecule has 2 heterocycles. The van der Waals surface area contributed by atoms with E-state index in [0.717, 1.165) is 21.1 Å². The Morgan fingerprint density at radius 3 is 2.24 bits per heavy atom. The number of nitrogens with one attached hydrogen (secondary N) is 2. The van der Waals surface area contributed by atoms with Crippen LogP contribution in [0, 0.1) is 5.41 Å².